The van der Waals surface area contributed by atoms with Gasteiger partial charge in [-0.05, 0) is 33.1 Å². The molecule has 1 atom stereocenters. The minimum atomic E-state index is -0.409. The van der Waals surface area contributed by atoms with E-state index in [9.17, 15) is 4.79 Å². The molecule has 1 saturated carbocycles. The predicted octanol–water partition coefficient (Wildman–Crippen LogP) is 3.26. The number of ether oxygens (including phenoxy) is 1. The average molecular weight is 255 g/mol. The van der Waals surface area contributed by atoms with E-state index in [0.29, 0.717) is 12.5 Å². The van der Waals surface area contributed by atoms with Gasteiger partial charge in [0.2, 0.25) is 0 Å². The van der Waals surface area contributed by atoms with Crippen molar-refractivity contribution < 1.29 is 9.53 Å². The van der Waals surface area contributed by atoms with Gasteiger partial charge in [-0.25, -0.2) is 0 Å². The predicted molar refractivity (Wildman–Crippen MR) is 74.2 cm³/mol. The summed E-state index contributed by atoms with van der Waals surface area (Å²) in [6.07, 6.45) is 8.70. The molecule has 0 bridgehead atoms. The molecule has 0 saturated heterocycles. The Morgan fingerprint density at radius 1 is 1.22 bits per heavy atom. The quantitative estimate of drug-likeness (QED) is 0.619. The lowest BCUT2D eigenvalue weighted by Crippen LogP contribution is -2.33. The fourth-order valence-corrected chi connectivity index (χ4v) is 2.68. The first-order valence-corrected chi connectivity index (χ1v) is 7.35. The Hall–Kier alpha value is -0.570. The summed E-state index contributed by atoms with van der Waals surface area (Å²) in [5.74, 6) is 0.426. The third-order valence-corrected chi connectivity index (χ3v) is 3.62. The Labute approximate surface area is 111 Å². The van der Waals surface area contributed by atoms with Crippen LogP contribution in [0.5, 0.6) is 0 Å². The minimum Gasteiger partial charge on any atom is -0.460 e. The molecule has 1 aliphatic rings. The van der Waals surface area contributed by atoms with Gasteiger partial charge in [0.15, 0.2) is 0 Å². The van der Waals surface area contributed by atoms with E-state index < -0.39 is 5.60 Å². The van der Waals surface area contributed by atoms with Crippen LogP contribution in [0.15, 0.2) is 0 Å². The average Bonchev–Trinajstić information content (AvgIpc) is 2.51. The lowest BCUT2D eigenvalue weighted by atomic mass is 9.89. The van der Waals surface area contributed by atoms with Crippen molar-refractivity contribution in [3.63, 3.8) is 0 Å². The molecule has 18 heavy (non-hydrogen) atoms. The molecule has 106 valence electrons. The zero-order chi connectivity index (χ0) is 13.6. The van der Waals surface area contributed by atoms with E-state index in [-0.39, 0.29) is 11.9 Å². The second-order valence-electron chi connectivity index (χ2n) is 6.56. The summed E-state index contributed by atoms with van der Waals surface area (Å²) >= 11 is 0. The number of nitrogens with two attached hydrogens (primary N) is 1. The van der Waals surface area contributed by atoms with E-state index in [1.807, 2.05) is 20.8 Å². The lowest BCUT2D eigenvalue weighted by Gasteiger charge is -2.25. The summed E-state index contributed by atoms with van der Waals surface area (Å²) in [4.78, 5) is 12.0. The van der Waals surface area contributed by atoms with Crippen LogP contribution in [0.4, 0.5) is 0 Å². The SMILES string of the molecule is CC(C)(C)OC(=O)C(CN)CC1CCCCCC1. The van der Waals surface area contributed by atoms with E-state index in [0.717, 1.165) is 6.42 Å². The van der Waals surface area contributed by atoms with E-state index in [1.165, 1.54) is 38.5 Å². The molecule has 1 aliphatic carbocycles. The van der Waals surface area contributed by atoms with Gasteiger partial charge >= 0.3 is 5.97 Å². The van der Waals surface area contributed by atoms with Crippen molar-refractivity contribution in [2.75, 3.05) is 6.54 Å². The monoisotopic (exact) mass is 255 g/mol. The maximum Gasteiger partial charge on any atom is 0.310 e. The van der Waals surface area contributed by atoms with Crippen LogP contribution in [0.1, 0.15) is 65.7 Å². The molecule has 1 rings (SSSR count). The van der Waals surface area contributed by atoms with Gasteiger partial charge in [-0.15, -0.1) is 0 Å². The largest absolute Gasteiger partial charge is 0.460 e. The first-order chi connectivity index (χ1) is 8.42. The third kappa shape index (κ3) is 5.85. The second kappa shape index (κ2) is 7.13. The topological polar surface area (TPSA) is 52.3 Å². The Bertz CT molecular complexity index is 250. The molecule has 0 aromatic heterocycles. The first-order valence-electron chi connectivity index (χ1n) is 7.35. The molecular weight excluding hydrogens is 226 g/mol. The van der Waals surface area contributed by atoms with Gasteiger partial charge < -0.3 is 10.5 Å². The Kier molecular flexibility index (Phi) is 6.13. The summed E-state index contributed by atoms with van der Waals surface area (Å²) in [5.41, 5.74) is 5.34. The Morgan fingerprint density at radius 3 is 2.22 bits per heavy atom. The summed E-state index contributed by atoms with van der Waals surface area (Å²) in [6.45, 7) is 6.13. The molecule has 1 fully saturated rings. The highest BCUT2D eigenvalue weighted by molar-refractivity contribution is 5.73. The minimum absolute atomic E-state index is 0.116. The van der Waals surface area contributed by atoms with Crippen molar-refractivity contribution in [2.24, 2.45) is 17.6 Å². The molecule has 0 spiro atoms. The molecule has 3 heteroatoms. The fourth-order valence-electron chi connectivity index (χ4n) is 2.68. The van der Waals surface area contributed by atoms with Gasteiger partial charge in [0.05, 0.1) is 5.92 Å². The van der Waals surface area contributed by atoms with E-state index in [4.69, 9.17) is 10.5 Å². The van der Waals surface area contributed by atoms with Crippen molar-refractivity contribution in [1.29, 1.82) is 0 Å². The van der Waals surface area contributed by atoms with E-state index in [2.05, 4.69) is 0 Å². The van der Waals surface area contributed by atoms with E-state index >= 15 is 0 Å². The molecule has 0 aromatic carbocycles. The van der Waals surface area contributed by atoms with Crippen LogP contribution in [-0.4, -0.2) is 18.1 Å². The van der Waals surface area contributed by atoms with Crippen molar-refractivity contribution >= 4 is 5.97 Å². The maximum absolute atomic E-state index is 12.0. The molecule has 3 nitrogen and oxygen atoms in total. The Balaban J connectivity index is 2.47. The second-order valence-corrected chi connectivity index (χ2v) is 6.56. The summed E-state index contributed by atoms with van der Waals surface area (Å²) in [6, 6.07) is 0. The van der Waals surface area contributed by atoms with Crippen LogP contribution in [0.2, 0.25) is 0 Å². The third-order valence-electron chi connectivity index (χ3n) is 3.62. The van der Waals surface area contributed by atoms with Crippen LogP contribution in [-0.2, 0) is 9.53 Å². The lowest BCUT2D eigenvalue weighted by molar-refractivity contribution is -0.160. The highest BCUT2D eigenvalue weighted by Crippen LogP contribution is 2.28. The number of hydrogen-bond acceptors (Lipinski definition) is 3. The van der Waals surface area contributed by atoms with Crippen molar-refractivity contribution in [2.45, 2.75) is 71.3 Å². The number of hydrogen-bond donors (Lipinski definition) is 1. The van der Waals surface area contributed by atoms with Crippen LogP contribution < -0.4 is 5.73 Å². The first kappa shape index (κ1) is 15.5. The zero-order valence-corrected chi connectivity index (χ0v) is 12.2. The summed E-state index contributed by atoms with van der Waals surface area (Å²) < 4.78 is 5.44. The smallest absolute Gasteiger partial charge is 0.310 e. The molecule has 1 unspecified atom stereocenters. The standard InChI is InChI=1S/C15H29NO2/c1-15(2,3)18-14(17)13(11-16)10-12-8-6-4-5-7-9-12/h12-13H,4-11,16H2,1-3H3. The highest BCUT2D eigenvalue weighted by Gasteiger charge is 2.27. The van der Waals surface area contributed by atoms with Gasteiger partial charge in [0.25, 0.3) is 0 Å². The van der Waals surface area contributed by atoms with Crippen LogP contribution in [0, 0.1) is 11.8 Å². The molecule has 0 aromatic rings. The molecule has 2 N–H and O–H groups in total. The number of esters is 1. The molecule has 0 amide bonds. The number of rotatable bonds is 4. The van der Waals surface area contributed by atoms with Gasteiger partial charge in [0, 0.05) is 6.54 Å². The van der Waals surface area contributed by atoms with Crippen LogP contribution in [0.3, 0.4) is 0 Å². The molecule has 0 aliphatic heterocycles. The molecule has 0 radical (unpaired) electrons. The van der Waals surface area contributed by atoms with Crippen molar-refractivity contribution in [3.05, 3.63) is 0 Å². The van der Waals surface area contributed by atoms with Gasteiger partial charge in [-0.1, -0.05) is 38.5 Å². The van der Waals surface area contributed by atoms with E-state index in [1.54, 1.807) is 0 Å². The van der Waals surface area contributed by atoms with Gasteiger partial charge in [-0.3, -0.25) is 4.79 Å². The van der Waals surface area contributed by atoms with Crippen LogP contribution in [0.25, 0.3) is 0 Å². The van der Waals surface area contributed by atoms with Crippen molar-refractivity contribution in [1.82, 2.24) is 0 Å². The zero-order valence-electron chi connectivity index (χ0n) is 12.2. The van der Waals surface area contributed by atoms with Gasteiger partial charge in [0.1, 0.15) is 5.60 Å². The maximum atomic E-state index is 12.0. The normalized spacial score (nSPS) is 20.2. The molecular formula is C15H29NO2. The highest BCUT2D eigenvalue weighted by atomic mass is 16.6. The number of carbonyl (C=O) groups excluding carboxylic acids is 1. The van der Waals surface area contributed by atoms with Crippen molar-refractivity contribution in [3.8, 4) is 0 Å². The fraction of sp³-hybridized carbons (Fsp3) is 0.933. The summed E-state index contributed by atoms with van der Waals surface area (Å²) in [7, 11) is 0. The molecule has 0 heterocycles. The Morgan fingerprint density at radius 2 is 1.78 bits per heavy atom. The van der Waals surface area contributed by atoms with Crippen LogP contribution >= 0.6 is 0 Å². The summed E-state index contributed by atoms with van der Waals surface area (Å²) in [5, 5.41) is 0. The van der Waals surface area contributed by atoms with Gasteiger partial charge in [-0.2, -0.15) is 0 Å². The number of carbonyl (C=O) groups is 1.